The number of para-hydroxylation sites is 1. The van der Waals surface area contributed by atoms with Gasteiger partial charge in [-0.1, -0.05) is 35.9 Å². The van der Waals surface area contributed by atoms with Crippen LogP contribution in [0.15, 0.2) is 42.5 Å². The lowest BCUT2D eigenvalue weighted by Crippen LogP contribution is -2.31. The Bertz CT molecular complexity index is 861. The number of halogens is 2. The lowest BCUT2D eigenvalue weighted by molar-refractivity contribution is 0.00852. The molecule has 4 rings (SSSR count). The summed E-state index contributed by atoms with van der Waals surface area (Å²) in [6.45, 7) is 1.03. The monoisotopic (exact) mass is 330 g/mol. The van der Waals surface area contributed by atoms with E-state index < -0.39 is 0 Å². The molecule has 3 nitrogen and oxygen atoms in total. The molecule has 1 unspecified atom stereocenters. The quantitative estimate of drug-likeness (QED) is 0.750. The largest absolute Gasteiger partial charge is 0.355 e. The maximum absolute atomic E-state index is 13.9. The summed E-state index contributed by atoms with van der Waals surface area (Å²) in [5, 5.41) is 4.96. The van der Waals surface area contributed by atoms with Gasteiger partial charge < -0.3 is 9.72 Å². The second kappa shape index (κ2) is 5.96. The Morgan fingerprint density at radius 1 is 1.22 bits per heavy atom. The van der Waals surface area contributed by atoms with E-state index in [1.165, 1.54) is 17.0 Å². The molecule has 2 heterocycles. The SMILES string of the molecule is Fc1cc(Cl)ccc1COC1NCCc2c1[nH]c1ccccc21. The molecule has 0 fully saturated rings. The van der Waals surface area contributed by atoms with Crippen molar-refractivity contribution in [3.05, 3.63) is 70.1 Å². The molecule has 0 bridgehead atoms. The fraction of sp³-hybridized carbons (Fsp3) is 0.222. The van der Waals surface area contributed by atoms with E-state index in [9.17, 15) is 4.39 Å². The van der Waals surface area contributed by atoms with Gasteiger partial charge in [-0.15, -0.1) is 0 Å². The number of hydrogen-bond donors (Lipinski definition) is 2. The molecule has 1 aromatic heterocycles. The van der Waals surface area contributed by atoms with Crippen molar-refractivity contribution >= 4 is 22.5 Å². The Kier molecular flexibility index (Phi) is 3.81. The summed E-state index contributed by atoms with van der Waals surface area (Å²) in [6, 6.07) is 12.9. The maximum Gasteiger partial charge on any atom is 0.149 e. The molecule has 5 heteroatoms. The zero-order chi connectivity index (χ0) is 15.8. The molecule has 0 saturated carbocycles. The highest BCUT2D eigenvalue weighted by Gasteiger charge is 2.24. The molecule has 0 saturated heterocycles. The smallest absolute Gasteiger partial charge is 0.149 e. The van der Waals surface area contributed by atoms with Gasteiger partial charge >= 0.3 is 0 Å². The molecule has 0 spiro atoms. The summed E-state index contributed by atoms with van der Waals surface area (Å²) in [4.78, 5) is 3.42. The predicted octanol–water partition coefficient (Wildman–Crippen LogP) is 4.32. The van der Waals surface area contributed by atoms with E-state index in [-0.39, 0.29) is 18.7 Å². The molecule has 3 aromatic rings. The molecule has 2 aromatic carbocycles. The summed E-state index contributed by atoms with van der Waals surface area (Å²) in [6.07, 6.45) is 0.690. The molecule has 23 heavy (non-hydrogen) atoms. The first-order valence-corrected chi connectivity index (χ1v) is 7.98. The number of H-pyrrole nitrogens is 1. The first-order valence-electron chi connectivity index (χ1n) is 7.61. The maximum atomic E-state index is 13.9. The van der Waals surface area contributed by atoms with E-state index in [4.69, 9.17) is 16.3 Å². The van der Waals surface area contributed by atoms with E-state index in [0.717, 1.165) is 24.2 Å². The lowest BCUT2D eigenvalue weighted by Gasteiger charge is -2.24. The molecule has 0 radical (unpaired) electrons. The first-order chi connectivity index (χ1) is 11.2. The Balaban J connectivity index is 1.59. The minimum atomic E-state index is -0.342. The van der Waals surface area contributed by atoms with Crippen LogP contribution in [0.1, 0.15) is 23.0 Å². The number of rotatable bonds is 3. The number of benzene rings is 2. The molecule has 0 aliphatic carbocycles. The number of hydrogen-bond acceptors (Lipinski definition) is 2. The van der Waals surface area contributed by atoms with E-state index in [1.807, 2.05) is 12.1 Å². The fourth-order valence-corrected chi connectivity index (χ4v) is 3.26. The standard InChI is InChI=1S/C18H16ClFN2O/c19-12-6-5-11(15(20)9-12)10-23-18-17-14(7-8-21-18)13-3-1-2-4-16(13)22-17/h1-6,9,18,21-22H,7-8,10H2. The molecule has 1 aliphatic rings. The first kappa shape index (κ1) is 14.7. The number of nitrogens with one attached hydrogen (secondary N) is 2. The number of aromatic amines is 1. The van der Waals surface area contributed by atoms with Crippen molar-refractivity contribution in [3.8, 4) is 0 Å². The third-order valence-corrected chi connectivity index (χ3v) is 4.47. The summed E-state index contributed by atoms with van der Waals surface area (Å²) < 4.78 is 19.8. The third kappa shape index (κ3) is 2.74. The Labute approximate surface area is 138 Å². The van der Waals surface area contributed by atoms with Crippen LogP contribution in [0.3, 0.4) is 0 Å². The Morgan fingerprint density at radius 2 is 2.09 bits per heavy atom. The lowest BCUT2D eigenvalue weighted by atomic mass is 10.0. The van der Waals surface area contributed by atoms with E-state index in [2.05, 4.69) is 22.4 Å². The van der Waals surface area contributed by atoms with Gasteiger partial charge in [-0.25, -0.2) is 4.39 Å². The zero-order valence-corrected chi connectivity index (χ0v) is 13.2. The van der Waals surface area contributed by atoms with Crippen LogP contribution in [0.2, 0.25) is 5.02 Å². The topological polar surface area (TPSA) is 37.0 Å². The van der Waals surface area contributed by atoms with E-state index >= 15 is 0 Å². The summed E-state index contributed by atoms with van der Waals surface area (Å²) in [5.74, 6) is -0.342. The highest BCUT2D eigenvalue weighted by atomic mass is 35.5. The van der Waals surface area contributed by atoms with Crippen molar-refractivity contribution in [2.45, 2.75) is 19.3 Å². The molecule has 1 atom stereocenters. The van der Waals surface area contributed by atoms with Crippen LogP contribution < -0.4 is 5.32 Å². The van der Waals surface area contributed by atoms with Gasteiger partial charge in [0.25, 0.3) is 0 Å². The van der Waals surface area contributed by atoms with Crippen molar-refractivity contribution in [3.63, 3.8) is 0 Å². The fourth-order valence-electron chi connectivity index (χ4n) is 3.10. The molecule has 118 valence electrons. The van der Waals surface area contributed by atoms with E-state index in [1.54, 1.807) is 12.1 Å². The number of fused-ring (bicyclic) bond motifs is 3. The third-order valence-electron chi connectivity index (χ3n) is 4.23. The summed E-state index contributed by atoms with van der Waals surface area (Å²) in [5.41, 5.74) is 3.92. The second-order valence-electron chi connectivity index (χ2n) is 5.69. The highest BCUT2D eigenvalue weighted by Crippen LogP contribution is 2.31. The van der Waals surface area contributed by atoms with Crippen LogP contribution in [0, 0.1) is 5.82 Å². The van der Waals surface area contributed by atoms with Gasteiger partial charge in [0.05, 0.1) is 12.3 Å². The molecule has 2 N–H and O–H groups in total. The van der Waals surface area contributed by atoms with Gasteiger partial charge in [0.15, 0.2) is 0 Å². The number of aromatic nitrogens is 1. The van der Waals surface area contributed by atoms with Crippen LogP contribution in [0.4, 0.5) is 4.39 Å². The van der Waals surface area contributed by atoms with Gasteiger partial charge in [0, 0.05) is 28.0 Å². The van der Waals surface area contributed by atoms with Crippen LogP contribution >= 0.6 is 11.6 Å². The average Bonchev–Trinajstić information content (AvgIpc) is 2.93. The van der Waals surface area contributed by atoms with Crippen molar-refractivity contribution in [2.75, 3.05) is 6.54 Å². The minimum Gasteiger partial charge on any atom is -0.355 e. The van der Waals surface area contributed by atoms with E-state index in [0.29, 0.717) is 10.6 Å². The van der Waals surface area contributed by atoms with Crippen LogP contribution in [-0.4, -0.2) is 11.5 Å². The normalized spacial score (nSPS) is 17.4. The van der Waals surface area contributed by atoms with Crippen LogP contribution in [0.25, 0.3) is 10.9 Å². The van der Waals surface area contributed by atoms with Crippen molar-refractivity contribution in [1.82, 2.24) is 10.3 Å². The van der Waals surface area contributed by atoms with Crippen molar-refractivity contribution in [1.29, 1.82) is 0 Å². The summed E-state index contributed by atoms with van der Waals surface area (Å²) in [7, 11) is 0. The minimum absolute atomic E-state index is 0.190. The van der Waals surface area contributed by atoms with Gasteiger partial charge in [0.1, 0.15) is 12.0 Å². The molecular weight excluding hydrogens is 315 g/mol. The van der Waals surface area contributed by atoms with Gasteiger partial charge in [-0.2, -0.15) is 0 Å². The van der Waals surface area contributed by atoms with Gasteiger partial charge in [-0.3, -0.25) is 5.32 Å². The molecule has 0 amide bonds. The van der Waals surface area contributed by atoms with Crippen molar-refractivity contribution in [2.24, 2.45) is 0 Å². The zero-order valence-electron chi connectivity index (χ0n) is 12.4. The molecule has 1 aliphatic heterocycles. The number of ether oxygens (including phenoxy) is 1. The van der Waals surface area contributed by atoms with Crippen LogP contribution in [0.5, 0.6) is 0 Å². The highest BCUT2D eigenvalue weighted by molar-refractivity contribution is 6.30. The second-order valence-corrected chi connectivity index (χ2v) is 6.13. The van der Waals surface area contributed by atoms with Gasteiger partial charge in [-0.05, 0) is 30.2 Å². The van der Waals surface area contributed by atoms with Gasteiger partial charge in [0.2, 0.25) is 0 Å². The molecular formula is C18H16ClFN2O. The van der Waals surface area contributed by atoms with Crippen molar-refractivity contribution < 1.29 is 9.13 Å². The predicted molar refractivity (Wildman–Crippen MR) is 88.9 cm³/mol. The Hall–Kier alpha value is -1.88. The summed E-state index contributed by atoms with van der Waals surface area (Å²) >= 11 is 5.78. The Morgan fingerprint density at radius 3 is 2.96 bits per heavy atom. The van der Waals surface area contributed by atoms with Crippen LogP contribution in [-0.2, 0) is 17.8 Å². The average molecular weight is 331 g/mol.